The molecule has 1 aliphatic rings. The molecule has 1 saturated carbocycles. The number of aromatic amines is 1. The Hall–Kier alpha value is -2.41. The molecule has 7 heteroatoms. The molecule has 0 aliphatic heterocycles. The molecular formula is C24H33N3O3S. The first-order valence-electron chi connectivity index (χ1n) is 11.0. The van der Waals surface area contributed by atoms with Crippen LogP contribution in [-0.4, -0.2) is 40.8 Å². The molecule has 0 unspecified atom stereocenters. The van der Waals surface area contributed by atoms with Crippen LogP contribution in [0.25, 0.3) is 0 Å². The number of benzene rings is 1. The van der Waals surface area contributed by atoms with Crippen LogP contribution >= 0.6 is 11.8 Å². The largest absolute Gasteiger partial charge is 0.461 e. The van der Waals surface area contributed by atoms with Crippen LogP contribution in [0.5, 0.6) is 0 Å². The van der Waals surface area contributed by atoms with Gasteiger partial charge in [0.2, 0.25) is 0 Å². The molecule has 3 rings (SSSR count). The Labute approximate surface area is 189 Å². The summed E-state index contributed by atoms with van der Waals surface area (Å²) in [5.74, 6) is -0.350. The Bertz CT molecular complexity index is 919. The molecule has 31 heavy (non-hydrogen) atoms. The van der Waals surface area contributed by atoms with E-state index in [1.54, 1.807) is 18.7 Å². The minimum absolute atomic E-state index is 0.0946. The molecule has 6 nitrogen and oxygen atoms in total. The van der Waals surface area contributed by atoms with Gasteiger partial charge in [0.1, 0.15) is 5.69 Å². The second-order valence-corrected chi connectivity index (χ2v) is 8.91. The zero-order chi connectivity index (χ0) is 22.4. The number of aryl methyl sites for hydroxylation is 1. The van der Waals surface area contributed by atoms with E-state index in [-0.39, 0.29) is 18.0 Å². The first-order chi connectivity index (χ1) is 14.9. The number of nitrogens with one attached hydrogen (secondary N) is 2. The van der Waals surface area contributed by atoms with Crippen LogP contribution in [0, 0.1) is 13.8 Å². The first-order valence-corrected chi connectivity index (χ1v) is 12.2. The molecule has 2 amide bonds. The van der Waals surface area contributed by atoms with Crippen molar-refractivity contribution in [1.29, 1.82) is 0 Å². The lowest BCUT2D eigenvalue weighted by atomic mass is 9.93. The monoisotopic (exact) mass is 443 g/mol. The van der Waals surface area contributed by atoms with Gasteiger partial charge in [0.15, 0.2) is 0 Å². The number of hydrogen-bond acceptors (Lipinski definition) is 4. The highest BCUT2D eigenvalue weighted by molar-refractivity contribution is 7.98. The van der Waals surface area contributed by atoms with E-state index in [0.717, 1.165) is 53.1 Å². The molecule has 1 aliphatic carbocycles. The third kappa shape index (κ3) is 5.64. The lowest BCUT2D eigenvalue weighted by molar-refractivity contribution is 0.0519. The fourth-order valence-electron chi connectivity index (χ4n) is 4.26. The van der Waals surface area contributed by atoms with E-state index in [1.807, 2.05) is 49.3 Å². The predicted molar refractivity (Wildman–Crippen MR) is 126 cm³/mol. The van der Waals surface area contributed by atoms with Gasteiger partial charge < -0.3 is 19.9 Å². The average Bonchev–Trinajstić information content (AvgIpc) is 3.06. The maximum atomic E-state index is 13.4. The van der Waals surface area contributed by atoms with Crippen LogP contribution in [-0.2, 0) is 11.3 Å². The summed E-state index contributed by atoms with van der Waals surface area (Å²) in [5, 5.41) is 3.09. The molecule has 0 bridgehead atoms. The topological polar surface area (TPSA) is 74.4 Å². The number of thioether (sulfide) groups is 1. The molecule has 1 fully saturated rings. The average molecular weight is 444 g/mol. The number of carbonyl (C=O) groups excluding carboxylic acids is 2. The van der Waals surface area contributed by atoms with E-state index in [4.69, 9.17) is 4.74 Å². The number of ether oxygens (including phenoxy) is 1. The quantitative estimate of drug-likeness (QED) is 0.413. The zero-order valence-corrected chi connectivity index (χ0v) is 19.7. The Balaban J connectivity index is 1.86. The van der Waals surface area contributed by atoms with Gasteiger partial charge in [-0.15, -0.1) is 11.8 Å². The fraction of sp³-hybridized carbons (Fsp3) is 0.500. The number of urea groups is 1. The highest BCUT2D eigenvalue weighted by atomic mass is 32.2. The number of H-pyrrole nitrogens is 1. The number of carbonyl (C=O) groups is 2. The molecule has 0 radical (unpaired) electrons. The summed E-state index contributed by atoms with van der Waals surface area (Å²) in [6.07, 6.45) is 7.52. The van der Waals surface area contributed by atoms with Crippen LogP contribution in [0.3, 0.4) is 0 Å². The van der Waals surface area contributed by atoms with Crippen LogP contribution < -0.4 is 5.32 Å². The number of aromatic nitrogens is 1. The van der Waals surface area contributed by atoms with Gasteiger partial charge in [-0.05, 0) is 69.2 Å². The summed E-state index contributed by atoms with van der Waals surface area (Å²) >= 11 is 1.65. The van der Waals surface area contributed by atoms with Crippen molar-refractivity contribution >= 4 is 29.4 Å². The summed E-state index contributed by atoms with van der Waals surface area (Å²) in [4.78, 5) is 31.9. The number of rotatable bonds is 7. The maximum absolute atomic E-state index is 13.4. The number of amides is 2. The Morgan fingerprint density at radius 2 is 1.97 bits per heavy atom. The fourth-order valence-corrected chi connectivity index (χ4v) is 4.72. The SMILES string of the molecule is CCOC(=O)c1[nH]c(C)c(CN(C(=O)Nc2cccc(SC)c2)C2CCCCC2)c1C. The highest BCUT2D eigenvalue weighted by Crippen LogP contribution is 2.28. The van der Waals surface area contributed by atoms with Gasteiger partial charge in [-0.1, -0.05) is 25.3 Å². The molecule has 2 aromatic rings. The third-order valence-corrected chi connectivity index (χ3v) is 6.72. The molecule has 1 aromatic carbocycles. The van der Waals surface area contributed by atoms with Gasteiger partial charge in [0.05, 0.1) is 6.61 Å². The number of hydrogen-bond donors (Lipinski definition) is 2. The predicted octanol–water partition coefficient (Wildman–Crippen LogP) is 5.90. The molecule has 1 heterocycles. The molecule has 0 spiro atoms. The summed E-state index contributed by atoms with van der Waals surface area (Å²) < 4.78 is 5.18. The van der Waals surface area contributed by atoms with Crippen molar-refractivity contribution in [3.8, 4) is 0 Å². The minimum atomic E-state index is -0.350. The Morgan fingerprint density at radius 3 is 2.65 bits per heavy atom. The van der Waals surface area contributed by atoms with Gasteiger partial charge in [0.25, 0.3) is 0 Å². The molecule has 0 atom stereocenters. The second kappa shape index (κ2) is 10.8. The first kappa shape index (κ1) is 23.3. The minimum Gasteiger partial charge on any atom is -0.461 e. The van der Waals surface area contributed by atoms with E-state index in [2.05, 4.69) is 10.3 Å². The van der Waals surface area contributed by atoms with E-state index < -0.39 is 0 Å². The molecule has 2 N–H and O–H groups in total. The molecule has 168 valence electrons. The van der Waals surface area contributed by atoms with Gasteiger partial charge in [0, 0.05) is 28.9 Å². The van der Waals surface area contributed by atoms with E-state index >= 15 is 0 Å². The van der Waals surface area contributed by atoms with Crippen molar-refractivity contribution in [3.05, 3.63) is 46.8 Å². The van der Waals surface area contributed by atoms with Gasteiger partial charge in [-0.25, -0.2) is 9.59 Å². The smallest absolute Gasteiger partial charge is 0.355 e. The van der Waals surface area contributed by atoms with Crippen molar-refractivity contribution in [2.75, 3.05) is 18.2 Å². The summed E-state index contributed by atoms with van der Waals surface area (Å²) in [6.45, 7) is 6.46. The number of nitrogens with zero attached hydrogens (tertiary/aromatic N) is 1. The van der Waals surface area contributed by atoms with E-state index in [0.29, 0.717) is 18.8 Å². The lowest BCUT2D eigenvalue weighted by Gasteiger charge is -2.34. The molecule has 0 saturated heterocycles. The van der Waals surface area contributed by atoms with Crippen LogP contribution in [0.15, 0.2) is 29.2 Å². The van der Waals surface area contributed by atoms with Crippen LogP contribution in [0.1, 0.15) is 66.3 Å². The standard InChI is InChI=1S/C24H33N3O3S/c1-5-30-23(28)22-16(2)21(17(3)25-22)15-27(19-11-7-6-8-12-19)24(29)26-18-10-9-13-20(14-18)31-4/h9-10,13-14,19,25H,5-8,11-12,15H2,1-4H3,(H,26,29). The van der Waals surface area contributed by atoms with Crippen molar-refractivity contribution < 1.29 is 14.3 Å². The lowest BCUT2D eigenvalue weighted by Crippen LogP contribution is -2.43. The van der Waals surface area contributed by atoms with Crippen molar-refractivity contribution in [3.63, 3.8) is 0 Å². The van der Waals surface area contributed by atoms with Gasteiger partial charge in [-0.3, -0.25) is 0 Å². The van der Waals surface area contributed by atoms with Gasteiger partial charge >= 0.3 is 12.0 Å². The molecular weight excluding hydrogens is 410 g/mol. The summed E-state index contributed by atoms with van der Waals surface area (Å²) in [6, 6.07) is 8.00. The van der Waals surface area contributed by atoms with Crippen LogP contribution in [0.2, 0.25) is 0 Å². The highest BCUT2D eigenvalue weighted by Gasteiger charge is 2.28. The van der Waals surface area contributed by atoms with Crippen molar-refractivity contribution in [2.45, 2.75) is 70.4 Å². The second-order valence-electron chi connectivity index (χ2n) is 8.03. The number of esters is 1. The Morgan fingerprint density at radius 1 is 1.23 bits per heavy atom. The molecule has 1 aromatic heterocycles. The number of anilines is 1. The third-order valence-electron chi connectivity index (χ3n) is 6.00. The zero-order valence-electron chi connectivity index (χ0n) is 18.9. The Kier molecular flexibility index (Phi) is 8.07. The summed E-state index contributed by atoms with van der Waals surface area (Å²) in [7, 11) is 0. The van der Waals surface area contributed by atoms with Crippen LogP contribution in [0.4, 0.5) is 10.5 Å². The summed E-state index contributed by atoms with van der Waals surface area (Å²) in [5.41, 5.74) is 4.02. The van der Waals surface area contributed by atoms with E-state index in [1.165, 1.54) is 6.42 Å². The van der Waals surface area contributed by atoms with E-state index in [9.17, 15) is 9.59 Å². The van der Waals surface area contributed by atoms with Gasteiger partial charge in [-0.2, -0.15) is 0 Å². The van der Waals surface area contributed by atoms with Crippen molar-refractivity contribution in [2.24, 2.45) is 0 Å². The van der Waals surface area contributed by atoms with Crippen molar-refractivity contribution in [1.82, 2.24) is 9.88 Å². The normalized spacial score (nSPS) is 14.3. The maximum Gasteiger partial charge on any atom is 0.355 e.